The molecule has 1 aliphatic heterocycles. The number of non-ortho nitro benzene ring substituents is 1. The SMILES string of the molecule is O=c1[nH]c(/C(Cl)=C\c2cc([N+](=O)[O-])ccc2N2CCCC2)nc2cc(Cl)ccc12. The topological polar surface area (TPSA) is 92.1 Å². The smallest absolute Gasteiger partial charge is 0.270 e. The molecule has 2 aromatic carbocycles. The summed E-state index contributed by atoms with van der Waals surface area (Å²) in [6.45, 7) is 1.75. The number of benzene rings is 2. The molecule has 0 saturated carbocycles. The van der Waals surface area contributed by atoms with Gasteiger partial charge in [-0.05, 0) is 43.2 Å². The van der Waals surface area contributed by atoms with Crippen LogP contribution >= 0.6 is 23.2 Å². The summed E-state index contributed by atoms with van der Waals surface area (Å²) in [7, 11) is 0. The van der Waals surface area contributed by atoms with E-state index in [1.807, 2.05) is 0 Å². The number of aromatic amines is 1. The van der Waals surface area contributed by atoms with Crippen molar-refractivity contribution in [2.75, 3.05) is 18.0 Å². The number of aromatic nitrogens is 2. The predicted octanol–water partition coefficient (Wildman–Crippen LogP) is 4.82. The molecular weight excluding hydrogens is 415 g/mol. The van der Waals surface area contributed by atoms with Gasteiger partial charge >= 0.3 is 0 Å². The summed E-state index contributed by atoms with van der Waals surface area (Å²) >= 11 is 12.5. The van der Waals surface area contributed by atoms with Gasteiger partial charge < -0.3 is 9.88 Å². The molecule has 1 N–H and O–H groups in total. The maximum Gasteiger partial charge on any atom is 0.270 e. The number of hydrogen-bond acceptors (Lipinski definition) is 5. The van der Waals surface area contributed by atoms with Crippen LogP contribution in [0.5, 0.6) is 0 Å². The number of hydrogen-bond donors (Lipinski definition) is 1. The van der Waals surface area contributed by atoms with Crippen molar-refractivity contribution in [1.82, 2.24) is 9.97 Å². The fourth-order valence-corrected chi connectivity index (χ4v) is 3.82. The molecule has 0 unspecified atom stereocenters. The minimum absolute atomic E-state index is 0.0320. The number of halogens is 2. The first-order chi connectivity index (χ1) is 13.9. The Hall–Kier alpha value is -2.90. The monoisotopic (exact) mass is 430 g/mol. The van der Waals surface area contributed by atoms with E-state index in [4.69, 9.17) is 23.2 Å². The standard InChI is InChI=1S/C20H16Cl2N4O3/c21-13-3-5-15-17(11-13)23-19(24-20(15)27)16(22)10-12-9-14(26(28)29)4-6-18(12)25-7-1-2-8-25/h3-6,9-11H,1-2,7-8H2,(H,23,24,27)/b16-10+. The summed E-state index contributed by atoms with van der Waals surface area (Å²) in [6.07, 6.45) is 3.72. The number of anilines is 1. The summed E-state index contributed by atoms with van der Waals surface area (Å²) in [4.78, 5) is 32.4. The second-order valence-corrected chi connectivity index (χ2v) is 7.61. The fourth-order valence-electron chi connectivity index (χ4n) is 3.45. The van der Waals surface area contributed by atoms with Crippen LogP contribution in [0.25, 0.3) is 22.0 Å². The van der Waals surface area contributed by atoms with Gasteiger partial charge in [0.05, 0.1) is 20.9 Å². The minimum Gasteiger partial charge on any atom is -0.371 e. The zero-order chi connectivity index (χ0) is 20.5. The van der Waals surface area contributed by atoms with Crippen LogP contribution in [0.15, 0.2) is 41.2 Å². The van der Waals surface area contributed by atoms with Gasteiger partial charge in [0, 0.05) is 41.5 Å². The number of nitro groups is 1. The van der Waals surface area contributed by atoms with Crippen LogP contribution in [0.1, 0.15) is 24.2 Å². The van der Waals surface area contributed by atoms with Gasteiger partial charge in [0.15, 0.2) is 5.82 Å². The van der Waals surface area contributed by atoms with E-state index in [0.717, 1.165) is 31.6 Å². The fraction of sp³-hybridized carbons (Fsp3) is 0.200. The number of nitrogens with zero attached hydrogens (tertiary/aromatic N) is 3. The van der Waals surface area contributed by atoms with E-state index in [9.17, 15) is 14.9 Å². The molecule has 3 aromatic rings. The number of nitrogens with one attached hydrogen (secondary N) is 1. The molecule has 148 valence electrons. The molecule has 0 atom stereocenters. The lowest BCUT2D eigenvalue weighted by molar-refractivity contribution is -0.384. The van der Waals surface area contributed by atoms with Crippen molar-refractivity contribution in [1.29, 1.82) is 0 Å². The molecule has 29 heavy (non-hydrogen) atoms. The number of H-pyrrole nitrogens is 1. The Balaban J connectivity index is 1.82. The van der Waals surface area contributed by atoms with Crippen LogP contribution in [-0.4, -0.2) is 28.0 Å². The second-order valence-electron chi connectivity index (χ2n) is 6.76. The maximum atomic E-state index is 12.4. The largest absolute Gasteiger partial charge is 0.371 e. The van der Waals surface area contributed by atoms with Gasteiger partial charge in [-0.25, -0.2) is 4.98 Å². The molecule has 2 heterocycles. The number of fused-ring (bicyclic) bond motifs is 1. The van der Waals surface area contributed by atoms with Crippen molar-refractivity contribution < 1.29 is 4.92 Å². The van der Waals surface area contributed by atoms with Crippen LogP contribution in [0.2, 0.25) is 5.02 Å². The molecule has 1 fully saturated rings. The van der Waals surface area contributed by atoms with Crippen molar-refractivity contribution in [3.05, 3.63) is 73.3 Å². The van der Waals surface area contributed by atoms with E-state index in [-0.39, 0.29) is 22.1 Å². The highest BCUT2D eigenvalue weighted by Crippen LogP contribution is 2.32. The Morgan fingerprint density at radius 3 is 2.69 bits per heavy atom. The third-order valence-corrected chi connectivity index (χ3v) is 5.37. The summed E-state index contributed by atoms with van der Waals surface area (Å²) in [5.74, 6) is 0.172. The normalized spacial score (nSPS) is 14.6. The number of nitro benzene ring substituents is 1. The zero-order valence-corrected chi connectivity index (χ0v) is 16.7. The van der Waals surface area contributed by atoms with E-state index >= 15 is 0 Å². The zero-order valence-electron chi connectivity index (χ0n) is 15.2. The molecule has 9 heteroatoms. The molecule has 0 radical (unpaired) electrons. The Morgan fingerprint density at radius 1 is 1.21 bits per heavy atom. The second kappa shape index (κ2) is 7.85. The first-order valence-electron chi connectivity index (χ1n) is 9.03. The van der Waals surface area contributed by atoms with E-state index < -0.39 is 4.92 Å². The quantitative estimate of drug-likeness (QED) is 0.472. The van der Waals surface area contributed by atoms with Gasteiger partial charge in [0.1, 0.15) is 0 Å². The molecule has 1 aromatic heterocycles. The lowest BCUT2D eigenvalue weighted by Gasteiger charge is -2.20. The van der Waals surface area contributed by atoms with Crippen LogP contribution < -0.4 is 10.5 Å². The van der Waals surface area contributed by atoms with Gasteiger partial charge in [0.2, 0.25) is 0 Å². The molecule has 1 aliphatic rings. The Kier molecular flexibility index (Phi) is 5.25. The average molecular weight is 431 g/mol. The molecular formula is C20H16Cl2N4O3. The van der Waals surface area contributed by atoms with E-state index in [1.165, 1.54) is 12.1 Å². The van der Waals surface area contributed by atoms with Crippen molar-refractivity contribution in [3.8, 4) is 0 Å². The molecule has 7 nitrogen and oxygen atoms in total. The third kappa shape index (κ3) is 3.97. The van der Waals surface area contributed by atoms with Gasteiger partial charge in [-0.2, -0.15) is 0 Å². The lowest BCUT2D eigenvalue weighted by Crippen LogP contribution is -2.18. The lowest BCUT2D eigenvalue weighted by atomic mass is 10.1. The van der Waals surface area contributed by atoms with Gasteiger partial charge in [0.25, 0.3) is 11.2 Å². The molecule has 1 saturated heterocycles. The minimum atomic E-state index is -0.447. The summed E-state index contributed by atoms with van der Waals surface area (Å²) in [6, 6.07) is 9.49. The molecule has 4 rings (SSSR count). The Labute approximate surface area is 175 Å². The van der Waals surface area contributed by atoms with Crippen LogP contribution in [0.4, 0.5) is 11.4 Å². The first-order valence-corrected chi connectivity index (χ1v) is 9.78. The molecule has 0 spiro atoms. The van der Waals surface area contributed by atoms with Crippen LogP contribution in [-0.2, 0) is 0 Å². The summed E-state index contributed by atoms with van der Waals surface area (Å²) in [5.41, 5.74) is 1.50. The van der Waals surface area contributed by atoms with E-state index in [2.05, 4.69) is 14.9 Å². The summed E-state index contributed by atoms with van der Waals surface area (Å²) < 4.78 is 0. The van der Waals surface area contributed by atoms with E-state index in [0.29, 0.717) is 21.5 Å². The van der Waals surface area contributed by atoms with Crippen molar-refractivity contribution >= 4 is 56.6 Å². The first kappa shape index (κ1) is 19.4. The van der Waals surface area contributed by atoms with Crippen LogP contribution in [0.3, 0.4) is 0 Å². The summed E-state index contributed by atoms with van der Waals surface area (Å²) in [5, 5.41) is 12.3. The average Bonchev–Trinajstić information content (AvgIpc) is 3.22. The Morgan fingerprint density at radius 2 is 1.97 bits per heavy atom. The Bertz CT molecular complexity index is 1200. The predicted molar refractivity (Wildman–Crippen MR) is 116 cm³/mol. The molecule has 0 bridgehead atoms. The molecule has 0 amide bonds. The van der Waals surface area contributed by atoms with Gasteiger partial charge in [-0.15, -0.1) is 0 Å². The number of rotatable bonds is 4. The van der Waals surface area contributed by atoms with Gasteiger partial charge in [-0.3, -0.25) is 14.9 Å². The van der Waals surface area contributed by atoms with Crippen molar-refractivity contribution in [3.63, 3.8) is 0 Å². The van der Waals surface area contributed by atoms with Crippen molar-refractivity contribution in [2.24, 2.45) is 0 Å². The highest BCUT2D eigenvalue weighted by Gasteiger charge is 2.18. The van der Waals surface area contributed by atoms with E-state index in [1.54, 1.807) is 30.3 Å². The maximum absolute atomic E-state index is 12.4. The molecule has 0 aliphatic carbocycles. The van der Waals surface area contributed by atoms with Crippen molar-refractivity contribution in [2.45, 2.75) is 12.8 Å². The third-order valence-electron chi connectivity index (χ3n) is 4.85. The van der Waals surface area contributed by atoms with Crippen LogP contribution in [0, 0.1) is 10.1 Å². The highest BCUT2D eigenvalue weighted by atomic mass is 35.5. The highest BCUT2D eigenvalue weighted by molar-refractivity contribution is 6.50. The van der Waals surface area contributed by atoms with Gasteiger partial charge in [-0.1, -0.05) is 23.2 Å².